The number of hydrogen-bond donors (Lipinski definition) is 1. The summed E-state index contributed by atoms with van der Waals surface area (Å²) in [4.78, 5) is 14.6. The van der Waals surface area contributed by atoms with E-state index < -0.39 is 12.6 Å². The highest BCUT2D eigenvalue weighted by Crippen LogP contribution is 2.39. The van der Waals surface area contributed by atoms with Crippen LogP contribution in [-0.4, -0.2) is 69.5 Å². The molecule has 1 heterocycles. The molecule has 0 spiro atoms. The lowest BCUT2D eigenvalue weighted by molar-refractivity contribution is -0.172. The Bertz CT molecular complexity index is 646. The van der Waals surface area contributed by atoms with Crippen molar-refractivity contribution in [3.05, 3.63) is 47.7 Å². The van der Waals surface area contributed by atoms with E-state index in [-0.39, 0.29) is 36.7 Å². The summed E-state index contributed by atoms with van der Waals surface area (Å²) >= 11 is 0. The van der Waals surface area contributed by atoms with Crippen LogP contribution in [0.4, 0.5) is 0 Å². The van der Waals surface area contributed by atoms with Gasteiger partial charge in [-0.25, -0.2) is 0 Å². The van der Waals surface area contributed by atoms with Gasteiger partial charge in [0.25, 0.3) is 5.91 Å². The zero-order valence-corrected chi connectivity index (χ0v) is 17.7. The minimum Gasteiger partial charge on any atom is -0.459 e. The van der Waals surface area contributed by atoms with Gasteiger partial charge in [0, 0.05) is 46.3 Å². The Morgan fingerprint density at radius 1 is 1.24 bits per heavy atom. The third-order valence-corrected chi connectivity index (χ3v) is 5.10. The second kappa shape index (κ2) is 11.9. The molecule has 0 saturated carbocycles. The second-order valence-corrected chi connectivity index (χ2v) is 7.03. The van der Waals surface area contributed by atoms with Crippen molar-refractivity contribution in [2.75, 3.05) is 41.0 Å². The first kappa shape index (κ1) is 23.3. The third kappa shape index (κ3) is 6.27. The SMILES string of the molecule is CCOC1OC(C(=O)N(C)CC(OC)OC)=CC(c2ccccc2)C1CCCO. The molecule has 0 aromatic heterocycles. The number of ether oxygens (including phenoxy) is 4. The molecule has 162 valence electrons. The molecule has 3 atom stereocenters. The van der Waals surface area contributed by atoms with Crippen molar-refractivity contribution in [3.8, 4) is 0 Å². The molecule has 0 fully saturated rings. The number of aliphatic hydroxyl groups excluding tert-OH is 1. The molecule has 1 aromatic carbocycles. The summed E-state index contributed by atoms with van der Waals surface area (Å²) in [6.45, 7) is 2.74. The molecule has 0 aliphatic carbocycles. The van der Waals surface area contributed by atoms with Crippen molar-refractivity contribution in [3.63, 3.8) is 0 Å². The van der Waals surface area contributed by atoms with E-state index in [9.17, 15) is 9.90 Å². The smallest absolute Gasteiger partial charge is 0.288 e. The fourth-order valence-corrected chi connectivity index (χ4v) is 3.55. The van der Waals surface area contributed by atoms with Crippen LogP contribution in [0.15, 0.2) is 42.2 Å². The molecule has 1 aromatic rings. The van der Waals surface area contributed by atoms with Crippen LogP contribution in [0.3, 0.4) is 0 Å². The predicted octanol–water partition coefficient (Wildman–Crippen LogP) is 2.51. The van der Waals surface area contributed by atoms with E-state index in [2.05, 4.69) is 0 Å². The topological polar surface area (TPSA) is 77.5 Å². The van der Waals surface area contributed by atoms with Crippen molar-refractivity contribution in [2.45, 2.75) is 38.3 Å². The number of allylic oxidation sites excluding steroid dienone is 1. The molecule has 3 unspecified atom stereocenters. The van der Waals surface area contributed by atoms with Crippen molar-refractivity contribution in [2.24, 2.45) is 5.92 Å². The molecule has 0 bridgehead atoms. The summed E-state index contributed by atoms with van der Waals surface area (Å²) < 4.78 is 22.3. The molecule has 7 nitrogen and oxygen atoms in total. The highest BCUT2D eigenvalue weighted by molar-refractivity contribution is 5.91. The Balaban J connectivity index is 2.33. The van der Waals surface area contributed by atoms with Gasteiger partial charge in [-0.05, 0) is 31.4 Å². The van der Waals surface area contributed by atoms with Crippen LogP contribution >= 0.6 is 0 Å². The average molecular weight is 408 g/mol. The Morgan fingerprint density at radius 3 is 2.52 bits per heavy atom. The van der Waals surface area contributed by atoms with Crippen LogP contribution in [0.5, 0.6) is 0 Å². The highest BCUT2D eigenvalue weighted by Gasteiger charge is 2.38. The molecule has 0 radical (unpaired) electrons. The predicted molar refractivity (Wildman–Crippen MR) is 109 cm³/mol. The minimum absolute atomic E-state index is 0.00273. The van der Waals surface area contributed by atoms with E-state index in [0.717, 1.165) is 12.0 Å². The monoisotopic (exact) mass is 407 g/mol. The van der Waals surface area contributed by atoms with Gasteiger partial charge in [0.05, 0.1) is 6.54 Å². The number of hydrogen-bond acceptors (Lipinski definition) is 6. The number of methoxy groups -OCH3 is 2. The lowest BCUT2D eigenvalue weighted by Crippen LogP contribution is -2.41. The molecule has 29 heavy (non-hydrogen) atoms. The standard InChI is InChI=1S/C22H33NO6/c1-5-28-22-17(12-9-13-24)18(16-10-7-6-8-11-16)14-19(29-22)21(25)23(2)15-20(26-3)27-4/h6-8,10-11,14,17-18,20,22,24H,5,9,12-13,15H2,1-4H3. The Labute approximate surface area is 173 Å². The van der Waals surface area contributed by atoms with Crippen LogP contribution in [-0.2, 0) is 23.7 Å². The van der Waals surface area contributed by atoms with E-state index >= 15 is 0 Å². The molecule has 7 heteroatoms. The van der Waals surface area contributed by atoms with E-state index in [1.165, 1.54) is 19.1 Å². The van der Waals surface area contributed by atoms with E-state index in [0.29, 0.717) is 13.0 Å². The van der Waals surface area contributed by atoms with Gasteiger partial charge in [0.15, 0.2) is 12.0 Å². The van der Waals surface area contributed by atoms with Crippen LogP contribution in [0.25, 0.3) is 0 Å². The van der Waals surface area contributed by atoms with E-state index in [1.807, 2.05) is 43.3 Å². The number of nitrogens with zero attached hydrogens (tertiary/aromatic N) is 1. The van der Waals surface area contributed by atoms with Crippen LogP contribution in [0.2, 0.25) is 0 Å². The largest absolute Gasteiger partial charge is 0.459 e. The van der Waals surface area contributed by atoms with Gasteiger partial charge in [0.2, 0.25) is 6.29 Å². The maximum absolute atomic E-state index is 13.0. The summed E-state index contributed by atoms with van der Waals surface area (Å²) in [7, 11) is 4.75. The molecule has 1 N–H and O–H groups in total. The third-order valence-electron chi connectivity index (χ3n) is 5.10. The van der Waals surface area contributed by atoms with Gasteiger partial charge in [-0.15, -0.1) is 0 Å². The average Bonchev–Trinajstić information content (AvgIpc) is 2.76. The molecule has 2 rings (SSSR count). The molecule has 1 aliphatic rings. The number of carbonyl (C=O) groups excluding carboxylic acids is 1. The first-order valence-electron chi connectivity index (χ1n) is 10.0. The highest BCUT2D eigenvalue weighted by atomic mass is 16.7. The number of carbonyl (C=O) groups is 1. The maximum Gasteiger partial charge on any atom is 0.288 e. The first-order chi connectivity index (χ1) is 14.0. The number of rotatable bonds is 11. The Morgan fingerprint density at radius 2 is 1.93 bits per heavy atom. The second-order valence-electron chi connectivity index (χ2n) is 7.03. The van der Waals surface area contributed by atoms with Gasteiger partial charge in [-0.1, -0.05) is 30.3 Å². The van der Waals surface area contributed by atoms with Crippen LogP contribution < -0.4 is 0 Å². The van der Waals surface area contributed by atoms with Gasteiger partial charge in [0.1, 0.15) is 0 Å². The summed E-state index contributed by atoms with van der Waals surface area (Å²) in [5, 5.41) is 9.33. The summed E-state index contributed by atoms with van der Waals surface area (Å²) in [6, 6.07) is 10.0. The maximum atomic E-state index is 13.0. The quantitative estimate of drug-likeness (QED) is 0.568. The fraction of sp³-hybridized carbons (Fsp3) is 0.591. The lowest BCUT2D eigenvalue weighted by atomic mass is 9.80. The Hall–Kier alpha value is -1.93. The molecule has 1 aliphatic heterocycles. The molecule has 1 amide bonds. The van der Waals surface area contributed by atoms with E-state index in [1.54, 1.807) is 7.05 Å². The van der Waals surface area contributed by atoms with Gasteiger partial charge in [-0.3, -0.25) is 4.79 Å². The summed E-state index contributed by atoms with van der Waals surface area (Å²) in [5.41, 5.74) is 1.09. The van der Waals surface area contributed by atoms with Gasteiger partial charge < -0.3 is 29.0 Å². The number of likely N-dealkylation sites (N-methyl/N-ethyl adjacent to an activating group) is 1. The zero-order valence-electron chi connectivity index (χ0n) is 17.7. The van der Waals surface area contributed by atoms with Crippen molar-refractivity contribution in [1.82, 2.24) is 4.90 Å². The van der Waals surface area contributed by atoms with Gasteiger partial charge in [-0.2, -0.15) is 0 Å². The summed E-state index contributed by atoms with van der Waals surface area (Å²) in [5.74, 6) is -0.0561. The number of benzene rings is 1. The van der Waals surface area contributed by atoms with Crippen LogP contribution in [0, 0.1) is 5.92 Å². The summed E-state index contributed by atoms with van der Waals surface area (Å²) in [6.07, 6.45) is 2.17. The van der Waals surface area contributed by atoms with Crippen molar-refractivity contribution >= 4 is 5.91 Å². The van der Waals surface area contributed by atoms with Crippen LogP contribution in [0.1, 0.15) is 31.2 Å². The van der Waals surface area contributed by atoms with E-state index in [4.69, 9.17) is 18.9 Å². The number of aliphatic hydroxyl groups is 1. The fourth-order valence-electron chi connectivity index (χ4n) is 3.55. The number of amides is 1. The van der Waals surface area contributed by atoms with Gasteiger partial charge >= 0.3 is 0 Å². The van der Waals surface area contributed by atoms with Crippen molar-refractivity contribution in [1.29, 1.82) is 0 Å². The van der Waals surface area contributed by atoms with Crippen molar-refractivity contribution < 1.29 is 28.8 Å². The Kier molecular flexibility index (Phi) is 9.60. The lowest BCUT2D eigenvalue weighted by Gasteiger charge is -2.37. The molecule has 0 saturated heterocycles. The molecular weight excluding hydrogens is 374 g/mol. The zero-order chi connectivity index (χ0) is 21.2. The molecular formula is C22H33NO6. The minimum atomic E-state index is -0.560. The first-order valence-corrected chi connectivity index (χ1v) is 10.0. The normalized spacial score (nSPS) is 21.6.